The first-order valence-electron chi connectivity index (χ1n) is 6.25. The van der Waals surface area contributed by atoms with Gasteiger partial charge in [0.25, 0.3) is 0 Å². The average molecular weight is 276 g/mol. The molecule has 0 aliphatic heterocycles. The lowest BCUT2D eigenvalue weighted by atomic mass is 9.82. The third kappa shape index (κ3) is 2.35. The summed E-state index contributed by atoms with van der Waals surface area (Å²) in [5.74, 6) is 0.478. The zero-order valence-corrected chi connectivity index (χ0v) is 11.0. The predicted octanol–water partition coefficient (Wildman–Crippen LogP) is 0.561. The molecule has 5 nitrogen and oxygen atoms in total. The summed E-state index contributed by atoms with van der Waals surface area (Å²) in [7, 11) is -1.73. The number of rotatable bonds is 5. The Kier molecular flexibility index (Phi) is 4.27. The van der Waals surface area contributed by atoms with Crippen LogP contribution in [0.15, 0.2) is 18.2 Å². The molecular weight excluding hydrogens is 262 g/mol. The highest BCUT2D eigenvalue weighted by Crippen LogP contribution is 2.24. The monoisotopic (exact) mass is 276 g/mol. The van der Waals surface area contributed by atoms with Crippen molar-refractivity contribution in [2.45, 2.75) is 13.5 Å². The maximum atomic E-state index is 12.1. The number of hydrogen-bond donors (Lipinski definition) is 2. The Morgan fingerprint density at radius 1 is 1.45 bits per heavy atom. The molecule has 1 heterocycles. The minimum atomic E-state index is -1.73. The summed E-state index contributed by atoms with van der Waals surface area (Å²) in [4.78, 5) is 0. The molecule has 0 bridgehead atoms. The van der Waals surface area contributed by atoms with E-state index in [1.54, 1.807) is 22.8 Å². The van der Waals surface area contributed by atoms with Crippen LogP contribution in [0.1, 0.15) is 12.5 Å². The molecule has 1 aromatic carbocycles. The molecule has 0 aliphatic rings. The van der Waals surface area contributed by atoms with Gasteiger partial charge >= 0.3 is 7.12 Å². The molecule has 1 aromatic heterocycles. The average Bonchev–Trinajstić information content (AvgIpc) is 2.77. The highest BCUT2D eigenvalue weighted by Gasteiger charge is 2.25. The SMILES string of the molecule is CCn1c(B(O)O)c(C#N)c2ccc(OCCF)cc21. The van der Waals surface area contributed by atoms with Gasteiger partial charge in [-0.2, -0.15) is 5.26 Å². The molecular formula is C13H14BFN2O3. The lowest BCUT2D eigenvalue weighted by Crippen LogP contribution is -2.37. The molecule has 2 aromatic rings. The quantitative estimate of drug-likeness (QED) is 0.782. The molecule has 0 aliphatic carbocycles. The molecule has 104 valence electrons. The van der Waals surface area contributed by atoms with Gasteiger partial charge in [0.05, 0.1) is 16.7 Å². The zero-order chi connectivity index (χ0) is 14.7. The standard InChI is InChI=1S/C13H14BFN2O3/c1-2-17-12-7-9(20-6-5-15)3-4-10(12)11(8-16)13(17)14(18)19/h3-4,7,18-19H,2,5-6H2,1H3. The van der Waals surface area contributed by atoms with Crippen LogP contribution in [0.2, 0.25) is 0 Å². The van der Waals surface area contributed by atoms with Gasteiger partial charge in [0.2, 0.25) is 0 Å². The lowest BCUT2D eigenvalue weighted by Gasteiger charge is -2.08. The summed E-state index contributed by atoms with van der Waals surface area (Å²) in [6.45, 7) is 1.68. The van der Waals surface area contributed by atoms with Gasteiger partial charge < -0.3 is 19.4 Å². The number of fused-ring (bicyclic) bond motifs is 1. The second kappa shape index (κ2) is 5.95. The van der Waals surface area contributed by atoms with Gasteiger partial charge in [-0.15, -0.1) is 0 Å². The van der Waals surface area contributed by atoms with Gasteiger partial charge in [-0.05, 0) is 19.1 Å². The fourth-order valence-corrected chi connectivity index (χ4v) is 2.32. The van der Waals surface area contributed by atoms with Crippen LogP contribution in [0, 0.1) is 11.3 Å². The highest BCUT2D eigenvalue weighted by molar-refractivity contribution is 6.59. The summed E-state index contributed by atoms with van der Waals surface area (Å²) in [6.07, 6.45) is 0. The third-order valence-electron chi connectivity index (χ3n) is 3.09. The highest BCUT2D eigenvalue weighted by atomic mass is 19.1. The molecule has 0 spiro atoms. The fraction of sp³-hybridized carbons (Fsp3) is 0.308. The number of hydrogen-bond acceptors (Lipinski definition) is 4. The summed E-state index contributed by atoms with van der Waals surface area (Å²) >= 11 is 0. The van der Waals surface area contributed by atoms with E-state index in [4.69, 9.17) is 4.74 Å². The predicted molar refractivity (Wildman–Crippen MR) is 73.6 cm³/mol. The summed E-state index contributed by atoms with van der Waals surface area (Å²) < 4.78 is 19.0. The number of halogens is 1. The molecule has 0 saturated carbocycles. The van der Waals surface area contributed by atoms with Crippen molar-refractivity contribution in [1.29, 1.82) is 5.26 Å². The van der Waals surface area contributed by atoms with Gasteiger partial charge in [-0.3, -0.25) is 0 Å². The molecule has 0 amide bonds. The van der Waals surface area contributed by atoms with Crippen LogP contribution < -0.4 is 10.3 Å². The zero-order valence-electron chi connectivity index (χ0n) is 11.0. The number of benzene rings is 1. The van der Waals surface area contributed by atoms with Crippen molar-refractivity contribution in [3.8, 4) is 11.8 Å². The first-order chi connectivity index (χ1) is 9.63. The molecule has 7 heteroatoms. The van der Waals surface area contributed by atoms with E-state index in [9.17, 15) is 19.7 Å². The van der Waals surface area contributed by atoms with E-state index in [1.165, 1.54) is 0 Å². The Balaban J connectivity index is 2.66. The summed E-state index contributed by atoms with van der Waals surface area (Å²) in [5, 5.41) is 28.8. The Bertz CT molecular complexity index is 664. The van der Waals surface area contributed by atoms with E-state index in [0.717, 1.165) is 0 Å². The molecule has 20 heavy (non-hydrogen) atoms. The Hall–Kier alpha value is -2.04. The topological polar surface area (TPSA) is 78.4 Å². The van der Waals surface area contributed by atoms with Crippen LogP contribution in [0.4, 0.5) is 4.39 Å². The van der Waals surface area contributed by atoms with E-state index >= 15 is 0 Å². The molecule has 2 N–H and O–H groups in total. The fourth-order valence-electron chi connectivity index (χ4n) is 2.32. The normalized spacial score (nSPS) is 10.6. The number of ether oxygens (including phenoxy) is 1. The van der Waals surface area contributed by atoms with Crippen LogP contribution in [-0.4, -0.2) is 35.0 Å². The maximum Gasteiger partial charge on any atom is 0.507 e. The minimum Gasteiger partial charge on any atom is -0.491 e. The number of nitriles is 1. The van der Waals surface area contributed by atoms with E-state index in [2.05, 4.69) is 0 Å². The Morgan fingerprint density at radius 2 is 2.20 bits per heavy atom. The second-order valence-electron chi connectivity index (χ2n) is 4.21. The minimum absolute atomic E-state index is 0.0427. The van der Waals surface area contributed by atoms with Crippen LogP contribution in [0.5, 0.6) is 5.75 Å². The molecule has 2 rings (SSSR count). The van der Waals surface area contributed by atoms with E-state index in [-0.39, 0.29) is 17.8 Å². The number of aromatic nitrogens is 1. The van der Waals surface area contributed by atoms with Crippen molar-refractivity contribution in [2.75, 3.05) is 13.3 Å². The van der Waals surface area contributed by atoms with Crippen molar-refractivity contribution < 1.29 is 19.2 Å². The number of aryl methyl sites for hydroxylation is 1. The van der Waals surface area contributed by atoms with Crippen molar-refractivity contribution in [3.05, 3.63) is 23.8 Å². The molecule has 0 saturated heterocycles. The Morgan fingerprint density at radius 3 is 2.75 bits per heavy atom. The summed E-state index contributed by atoms with van der Waals surface area (Å²) in [6, 6.07) is 6.96. The van der Waals surface area contributed by atoms with E-state index < -0.39 is 13.8 Å². The molecule has 0 radical (unpaired) electrons. The van der Waals surface area contributed by atoms with Crippen molar-refractivity contribution in [2.24, 2.45) is 0 Å². The van der Waals surface area contributed by atoms with Gasteiger partial charge in [0.1, 0.15) is 25.1 Å². The second-order valence-corrected chi connectivity index (χ2v) is 4.21. The van der Waals surface area contributed by atoms with Crippen LogP contribution >= 0.6 is 0 Å². The van der Waals surface area contributed by atoms with Crippen LogP contribution in [0.3, 0.4) is 0 Å². The van der Waals surface area contributed by atoms with Gasteiger partial charge in [-0.1, -0.05) is 0 Å². The largest absolute Gasteiger partial charge is 0.507 e. The van der Waals surface area contributed by atoms with Gasteiger partial charge in [-0.25, -0.2) is 4.39 Å². The number of alkyl halides is 1. The molecule has 0 unspecified atom stereocenters. The van der Waals surface area contributed by atoms with E-state index in [0.29, 0.717) is 23.2 Å². The molecule has 0 atom stereocenters. The van der Waals surface area contributed by atoms with Crippen LogP contribution in [0.25, 0.3) is 10.9 Å². The van der Waals surface area contributed by atoms with Gasteiger partial charge in [0, 0.05) is 18.0 Å². The lowest BCUT2D eigenvalue weighted by molar-refractivity contribution is 0.273. The first-order valence-corrected chi connectivity index (χ1v) is 6.25. The smallest absolute Gasteiger partial charge is 0.491 e. The van der Waals surface area contributed by atoms with Crippen molar-refractivity contribution in [1.82, 2.24) is 4.57 Å². The van der Waals surface area contributed by atoms with Crippen molar-refractivity contribution >= 4 is 23.6 Å². The molecule has 0 fully saturated rings. The van der Waals surface area contributed by atoms with Gasteiger partial charge in [0.15, 0.2) is 0 Å². The maximum absolute atomic E-state index is 12.1. The number of nitrogens with zero attached hydrogens (tertiary/aromatic N) is 2. The van der Waals surface area contributed by atoms with Crippen LogP contribution in [-0.2, 0) is 6.54 Å². The first kappa shape index (κ1) is 14.4. The Labute approximate surface area is 116 Å². The third-order valence-corrected chi connectivity index (χ3v) is 3.09. The summed E-state index contributed by atoms with van der Waals surface area (Å²) in [5.41, 5.74) is 1.05. The van der Waals surface area contributed by atoms with E-state index in [1.807, 2.05) is 13.0 Å². The van der Waals surface area contributed by atoms with Crippen molar-refractivity contribution in [3.63, 3.8) is 0 Å².